The van der Waals surface area contributed by atoms with E-state index in [2.05, 4.69) is 26.3 Å². The van der Waals surface area contributed by atoms with Crippen molar-refractivity contribution in [3.8, 4) is 0 Å². The molecule has 0 saturated heterocycles. The van der Waals surface area contributed by atoms with Gasteiger partial charge in [-0.15, -0.1) is 0 Å². The number of rotatable bonds is 6. The van der Waals surface area contributed by atoms with E-state index in [4.69, 9.17) is 0 Å². The monoisotopic (exact) mass is 358 g/mol. The highest BCUT2D eigenvalue weighted by Crippen LogP contribution is 2.19. The van der Waals surface area contributed by atoms with E-state index < -0.39 is 16.8 Å². The number of nitrogens with one attached hydrogen (secondary N) is 1. The van der Waals surface area contributed by atoms with Crippen LogP contribution in [-0.2, 0) is 6.54 Å². The van der Waals surface area contributed by atoms with Crippen molar-refractivity contribution in [1.29, 1.82) is 0 Å². The van der Waals surface area contributed by atoms with Crippen LogP contribution in [0.3, 0.4) is 0 Å². The number of halogens is 2. The molecular formula is C12H12BrFN4O3. The Balaban J connectivity index is 1.89. The maximum Gasteiger partial charge on any atom is 0.306 e. The summed E-state index contributed by atoms with van der Waals surface area (Å²) in [6.45, 7) is 0.158. The first-order chi connectivity index (χ1) is 9.95. The van der Waals surface area contributed by atoms with Gasteiger partial charge in [0, 0.05) is 11.0 Å². The minimum absolute atomic E-state index is 0.0684. The summed E-state index contributed by atoms with van der Waals surface area (Å²) in [6, 6.07) is 4.53. The molecule has 1 atom stereocenters. The quantitative estimate of drug-likeness (QED) is 0.609. The Labute approximate surface area is 127 Å². The molecule has 112 valence electrons. The second kappa shape index (κ2) is 6.64. The van der Waals surface area contributed by atoms with Gasteiger partial charge in [0.05, 0.1) is 23.3 Å². The van der Waals surface area contributed by atoms with Gasteiger partial charge in [0.25, 0.3) is 0 Å². The number of hydrogen-bond acceptors (Lipinski definition) is 5. The molecule has 21 heavy (non-hydrogen) atoms. The Morgan fingerprint density at radius 2 is 2.33 bits per heavy atom. The van der Waals surface area contributed by atoms with Gasteiger partial charge < -0.3 is 10.4 Å². The van der Waals surface area contributed by atoms with Gasteiger partial charge in [-0.25, -0.2) is 4.39 Å². The Morgan fingerprint density at radius 3 is 2.95 bits per heavy atom. The van der Waals surface area contributed by atoms with Crippen LogP contribution in [0.2, 0.25) is 0 Å². The highest BCUT2D eigenvalue weighted by molar-refractivity contribution is 9.10. The first-order valence-electron chi connectivity index (χ1n) is 5.99. The van der Waals surface area contributed by atoms with Gasteiger partial charge in [-0.1, -0.05) is 15.9 Å². The van der Waals surface area contributed by atoms with Crippen molar-refractivity contribution in [1.82, 2.24) is 9.78 Å². The number of benzene rings is 1. The Bertz CT molecular complexity index is 649. The van der Waals surface area contributed by atoms with Crippen molar-refractivity contribution >= 4 is 27.3 Å². The molecule has 2 aromatic rings. The number of aliphatic hydroxyl groups excluding tert-OH is 1. The fraction of sp³-hybridized carbons (Fsp3) is 0.250. The maximum absolute atomic E-state index is 13.6. The summed E-state index contributed by atoms with van der Waals surface area (Å²) < 4.78 is 15.4. The van der Waals surface area contributed by atoms with Crippen LogP contribution in [-0.4, -0.2) is 32.5 Å². The molecule has 0 aliphatic heterocycles. The van der Waals surface area contributed by atoms with Gasteiger partial charge in [-0.05, 0) is 18.2 Å². The lowest BCUT2D eigenvalue weighted by Gasteiger charge is -2.13. The van der Waals surface area contributed by atoms with E-state index in [1.54, 1.807) is 12.1 Å². The second-order valence-corrected chi connectivity index (χ2v) is 5.25. The minimum Gasteiger partial charge on any atom is -0.389 e. The fourth-order valence-electron chi connectivity index (χ4n) is 1.69. The molecule has 2 rings (SSSR count). The van der Waals surface area contributed by atoms with Crippen LogP contribution in [0.25, 0.3) is 0 Å². The predicted molar refractivity (Wildman–Crippen MR) is 77.5 cm³/mol. The smallest absolute Gasteiger partial charge is 0.306 e. The van der Waals surface area contributed by atoms with Gasteiger partial charge in [0.15, 0.2) is 0 Å². The minimum atomic E-state index is -0.868. The Hall–Kier alpha value is -2.00. The van der Waals surface area contributed by atoms with Gasteiger partial charge in [0.1, 0.15) is 18.2 Å². The topological polar surface area (TPSA) is 93.2 Å². The summed E-state index contributed by atoms with van der Waals surface area (Å²) in [5.74, 6) is -0.439. The van der Waals surface area contributed by atoms with Crippen LogP contribution in [0, 0.1) is 15.9 Å². The molecule has 2 N–H and O–H groups in total. The normalized spacial score (nSPS) is 12.1. The molecule has 7 nitrogen and oxygen atoms in total. The van der Waals surface area contributed by atoms with Crippen molar-refractivity contribution in [2.45, 2.75) is 12.6 Å². The molecule has 0 aliphatic rings. The number of aromatic nitrogens is 2. The van der Waals surface area contributed by atoms with E-state index in [1.165, 1.54) is 16.9 Å². The molecule has 1 aromatic heterocycles. The number of aliphatic hydroxyl groups is 1. The number of anilines is 1. The van der Waals surface area contributed by atoms with Crippen molar-refractivity contribution in [2.24, 2.45) is 0 Å². The van der Waals surface area contributed by atoms with Gasteiger partial charge in [-0.3, -0.25) is 14.8 Å². The molecule has 1 unspecified atom stereocenters. The van der Waals surface area contributed by atoms with Crippen LogP contribution in [0.1, 0.15) is 0 Å². The summed E-state index contributed by atoms with van der Waals surface area (Å²) in [5, 5.41) is 26.9. The molecule has 0 spiro atoms. The highest BCUT2D eigenvalue weighted by atomic mass is 79.9. The van der Waals surface area contributed by atoms with Crippen molar-refractivity contribution < 1.29 is 14.4 Å². The lowest BCUT2D eigenvalue weighted by molar-refractivity contribution is -0.385. The molecule has 0 amide bonds. The Kier molecular flexibility index (Phi) is 4.86. The summed E-state index contributed by atoms with van der Waals surface area (Å²) in [4.78, 5) is 9.94. The van der Waals surface area contributed by atoms with Crippen LogP contribution < -0.4 is 5.32 Å². The zero-order valence-electron chi connectivity index (χ0n) is 10.7. The molecule has 0 aliphatic carbocycles. The standard InChI is InChI=1S/C12H12BrFN4O3/c13-8-1-2-12(11(14)3-8)15-5-10(19)7-17-6-9(4-16-17)18(20)21/h1-4,6,10,15,19H,5,7H2. The van der Waals surface area contributed by atoms with Crippen molar-refractivity contribution in [2.75, 3.05) is 11.9 Å². The second-order valence-electron chi connectivity index (χ2n) is 4.34. The summed E-state index contributed by atoms with van der Waals surface area (Å²) in [5.41, 5.74) is 0.123. The molecule has 0 saturated carbocycles. The number of hydrogen-bond donors (Lipinski definition) is 2. The van der Waals surface area contributed by atoms with Crippen LogP contribution >= 0.6 is 15.9 Å². The van der Waals surface area contributed by atoms with Crippen LogP contribution in [0.4, 0.5) is 15.8 Å². The van der Waals surface area contributed by atoms with E-state index in [9.17, 15) is 19.6 Å². The van der Waals surface area contributed by atoms with Crippen LogP contribution in [0.15, 0.2) is 35.1 Å². The third kappa shape index (κ3) is 4.23. The third-order valence-corrected chi connectivity index (χ3v) is 3.18. The molecule has 0 bridgehead atoms. The third-order valence-electron chi connectivity index (χ3n) is 2.69. The largest absolute Gasteiger partial charge is 0.389 e. The molecule has 0 fully saturated rings. The van der Waals surface area contributed by atoms with E-state index >= 15 is 0 Å². The summed E-state index contributed by atoms with van der Waals surface area (Å²) in [7, 11) is 0. The number of nitrogens with zero attached hydrogens (tertiary/aromatic N) is 3. The molecular weight excluding hydrogens is 347 g/mol. The van der Waals surface area contributed by atoms with Gasteiger partial charge in [0.2, 0.25) is 0 Å². The Morgan fingerprint density at radius 1 is 1.57 bits per heavy atom. The van der Waals surface area contributed by atoms with Crippen molar-refractivity contribution in [3.05, 3.63) is 51.0 Å². The van der Waals surface area contributed by atoms with E-state index in [1.807, 2.05) is 0 Å². The molecule has 9 heteroatoms. The molecule has 1 aromatic carbocycles. The fourth-order valence-corrected chi connectivity index (χ4v) is 2.02. The number of nitro groups is 1. The summed E-state index contributed by atoms with van der Waals surface area (Å²) >= 11 is 3.15. The lowest BCUT2D eigenvalue weighted by Crippen LogP contribution is -2.25. The lowest BCUT2D eigenvalue weighted by atomic mass is 10.3. The van der Waals surface area contributed by atoms with Gasteiger partial charge >= 0.3 is 5.69 Å². The first-order valence-corrected chi connectivity index (χ1v) is 6.79. The SMILES string of the molecule is O=[N+]([O-])c1cnn(CC(O)CNc2ccc(Br)cc2F)c1. The van der Waals surface area contributed by atoms with E-state index in [-0.39, 0.29) is 24.5 Å². The van der Waals surface area contributed by atoms with Gasteiger partial charge in [-0.2, -0.15) is 5.10 Å². The predicted octanol–water partition coefficient (Wildman–Crippen LogP) is 2.17. The summed E-state index contributed by atoms with van der Waals surface area (Å²) in [6.07, 6.45) is 1.46. The molecule has 1 heterocycles. The van der Waals surface area contributed by atoms with Crippen LogP contribution in [0.5, 0.6) is 0 Å². The maximum atomic E-state index is 13.6. The van der Waals surface area contributed by atoms with E-state index in [0.717, 1.165) is 6.20 Å². The average Bonchev–Trinajstić information content (AvgIpc) is 2.86. The highest BCUT2D eigenvalue weighted by Gasteiger charge is 2.12. The molecule has 0 radical (unpaired) electrons. The zero-order valence-corrected chi connectivity index (χ0v) is 12.3. The van der Waals surface area contributed by atoms with Crippen molar-refractivity contribution in [3.63, 3.8) is 0 Å². The first kappa shape index (κ1) is 15.4. The average molecular weight is 359 g/mol. The van der Waals surface area contributed by atoms with E-state index in [0.29, 0.717) is 4.47 Å². The zero-order chi connectivity index (χ0) is 15.4.